The molecule has 4 heterocycles. The Morgan fingerprint density at radius 1 is 0.288 bits per heavy atom. The van der Waals surface area contributed by atoms with E-state index in [4.69, 9.17) is 19.9 Å². The maximum Gasteiger partial charge on any atom is 0.0972 e. The number of hydrogen-bond acceptors (Lipinski definition) is 4. The molecule has 0 atom stereocenters. The van der Waals surface area contributed by atoms with Gasteiger partial charge in [0.1, 0.15) is 0 Å². The summed E-state index contributed by atoms with van der Waals surface area (Å²) < 4.78 is 0. The Hall–Kier alpha value is -7.82. The lowest BCUT2D eigenvalue weighted by Crippen LogP contribution is -2.28. The Labute approximate surface area is 341 Å². The predicted octanol–water partition coefficient (Wildman–Crippen LogP) is 13.2. The first-order valence-corrected chi connectivity index (χ1v) is 20.0. The van der Waals surface area contributed by atoms with Gasteiger partial charge in [0.05, 0.1) is 38.9 Å². The Balaban J connectivity index is 0.991. The van der Waals surface area contributed by atoms with Crippen molar-refractivity contribution >= 4 is 43.6 Å². The summed E-state index contributed by atoms with van der Waals surface area (Å²) in [5.41, 5.74) is 16.9. The van der Waals surface area contributed by atoms with E-state index in [9.17, 15) is 0 Å². The van der Waals surface area contributed by atoms with Crippen molar-refractivity contribution in [3.8, 4) is 44.8 Å². The topological polar surface area (TPSA) is 51.6 Å². The van der Waals surface area contributed by atoms with Crippen LogP contribution in [-0.2, 0) is 5.41 Å². The second-order valence-corrected chi connectivity index (χ2v) is 15.4. The number of nitrogens with zero attached hydrogens (tertiary/aromatic N) is 4. The van der Waals surface area contributed by atoms with E-state index in [1.165, 1.54) is 33.4 Å². The first-order chi connectivity index (χ1) is 29.2. The maximum absolute atomic E-state index is 5.23. The maximum atomic E-state index is 5.23. The minimum atomic E-state index is -0.533. The van der Waals surface area contributed by atoms with Crippen LogP contribution in [0.3, 0.4) is 0 Å². The van der Waals surface area contributed by atoms with Crippen LogP contribution in [0.5, 0.6) is 0 Å². The quantitative estimate of drug-likeness (QED) is 0.164. The van der Waals surface area contributed by atoms with Crippen LogP contribution in [0.1, 0.15) is 22.3 Å². The van der Waals surface area contributed by atoms with Crippen molar-refractivity contribution in [1.82, 2.24) is 19.9 Å². The van der Waals surface area contributed by atoms with Crippen molar-refractivity contribution in [3.63, 3.8) is 0 Å². The number of pyridine rings is 4. The normalized spacial score (nSPS) is 12.9. The highest BCUT2D eigenvalue weighted by molar-refractivity contribution is 6.04. The Morgan fingerprint density at radius 3 is 1.27 bits per heavy atom. The number of fused-ring (bicyclic) bond motifs is 9. The molecule has 11 aromatic rings. The minimum Gasteiger partial charge on any atom is -0.254 e. The van der Waals surface area contributed by atoms with Gasteiger partial charge in [-0.1, -0.05) is 170 Å². The van der Waals surface area contributed by atoms with Crippen LogP contribution in [0.15, 0.2) is 207 Å². The van der Waals surface area contributed by atoms with E-state index in [0.29, 0.717) is 0 Å². The Morgan fingerprint density at radius 2 is 0.712 bits per heavy atom. The van der Waals surface area contributed by atoms with Crippen molar-refractivity contribution < 1.29 is 0 Å². The molecule has 1 aliphatic rings. The van der Waals surface area contributed by atoms with Crippen molar-refractivity contribution in [2.24, 2.45) is 0 Å². The van der Waals surface area contributed by atoms with Gasteiger partial charge >= 0.3 is 0 Å². The van der Waals surface area contributed by atoms with E-state index in [1.54, 1.807) is 0 Å². The van der Waals surface area contributed by atoms with Crippen molar-refractivity contribution in [2.45, 2.75) is 5.41 Å². The molecule has 274 valence electrons. The monoisotopic (exact) mass is 750 g/mol. The van der Waals surface area contributed by atoms with Gasteiger partial charge in [-0.3, -0.25) is 9.97 Å². The van der Waals surface area contributed by atoms with Gasteiger partial charge in [-0.05, 0) is 68.8 Å². The zero-order valence-electron chi connectivity index (χ0n) is 31.9. The van der Waals surface area contributed by atoms with Gasteiger partial charge in [0, 0.05) is 45.1 Å². The zero-order valence-corrected chi connectivity index (χ0v) is 31.9. The molecule has 7 aromatic carbocycles. The predicted molar refractivity (Wildman–Crippen MR) is 241 cm³/mol. The molecule has 4 heteroatoms. The summed E-state index contributed by atoms with van der Waals surface area (Å²) in [6.07, 6.45) is 3.68. The summed E-state index contributed by atoms with van der Waals surface area (Å²) in [4.78, 5) is 19.8. The summed E-state index contributed by atoms with van der Waals surface area (Å²) in [5, 5.41) is 4.34. The molecule has 0 fully saturated rings. The molecule has 1 aliphatic carbocycles. The smallest absolute Gasteiger partial charge is 0.0972 e. The molecule has 59 heavy (non-hydrogen) atoms. The molecular formula is C55H34N4. The molecule has 0 spiro atoms. The fraction of sp³-hybridized carbons (Fsp3) is 0.0182. The molecule has 0 saturated heterocycles. The van der Waals surface area contributed by atoms with E-state index in [2.05, 4.69) is 182 Å². The van der Waals surface area contributed by atoms with E-state index < -0.39 is 5.41 Å². The van der Waals surface area contributed by atoms with Gasteiger partial charge in [-0.15, -0.1) is 0 Å². The summed E-state index contributed by atoms with van der Waals surface area (Å²) in [6.45, 7) is 0. The van der Waals surface area contributed by atoms with E-state index >= 15 is 0 Å². The first-order valence-electron chi connectivity index (χ1n) is 20.0. The summed E-state index contributed by atoms with van der Waals surface area (Å²) in [6, 6.07) is 69.8. The third-order valence-electron chi connectivity index (χ3n) is 12.3. The fourth-order valence-electron chi connectivity index (χ4n) is 9.53. The Bertz CT molecular complexity index is 3400. The van der Waals surface area contributed by atoms with Gasteiger partial charge in [0.25, 0.3) is 0 Å². The van der Waals surface area contributed by atoms with Gasteiger partial charge in [0.2, 0.25) is 0 Å². The van der Waals surface area contributed by atoms with Gasteiger partial charge in [-0.25, -0.2) is 9.97 Å². The number of benzene rings is 7. The lowest BCUT2D eigenvalue weighted by molar-refractivity contribution is 0.769. The van der Waals surface area contributed by atoms with E-state index in [0.717, 1.165) is 77.3 Å². The highest BCUT2D eigenvalue weighted by Crippen LogP contribution is 2.56. The number of hydrogen-bond donors (Lipinski definition) is 0. The van der Waals surface area contributed by atoms with Crippen molar-refractivity contribution in [3.05, 3.63) is 229 Å². The SMILES string of the molecule is c1ccc(-c2ccc3ccc4cccnc4c3n2)c(-c2ccc(C3(c4ccc(-c5ccc6ccc7cccnc7c6n5)cc4)c4ccccc4-c4ccccc43)cc2)c1. The third kappa shape index (κ3) is 5.10. The lowest BCUT2D eigenvalue weighted by atomic mass is 9.67. The first kappa shape index (κ1) is 33.3. The minimum absolute atomic E-state index is 0.533. The van der Waals surface area contributed by atoms with Gasteiger partial charge in [-0.2, -0.15) is 0 Å². The molecule has 0 bridgehead atoms. The lowest BCUT2D eigenvalue weighted by Gasteiger charge is -2.34. The van der Waals surface area contributed by atoms with Crippen LogP contribution < -0.4 is 0 Å². The van der Waals surface area contributed by atoms with Gasteiger partial charge < -0.3 is 0 Å². The molecule has 4 nitrogen and oxygen atoms in total. The molecule has 0 unspecified atom stereocenters. The highest BCUT2D eigenvalue weighted by atomic mass is 14.8. The average molecular weight is 751 g/mol. The van der Waals surface area contributed by atoms with Crippen molar-refractivity contribution in [2.75, 3.05) is 0 Å². The van der Waals surface area contributed by atoms with Crippen LogP contribution >= 0.6 is 0 Å². The standard InChI is InChI=1S/C55H34N4/c1-2-14-46(50-32-26-40-20-18-38-10-8-34-57-52(38)54(40)59-50)43(11-1)35-21-27-41(28-22-35)55(47-15-5-3-12-44(47)45-13-4-6-16-48(45)55)42-29-23-36(24-30-42)49-31-25-39-19-17-37-9-7-33-56-51(37)53(39)58-49/h1-34H. The average Bonchev–Trinajstić information content (AvgIpc) is 3.62. The van der Waals surface area contributed by atoms with E-state index in [1.807, 2.05) is 24.5 Å². The second kappa shape index (κ2) is 13.1. The molecule has 0 aliphatic heterocycles. The molecule has 0 saturated carbocycles. The third-order valence-corrected chi connectivity index (χ3v) is 12.3. The number of rotatable bonds is 5. The van der Waals surface area contributed by atoms with Crippen LogP contribution in [0.2, 0.25) is 0 Å². The second-order valence-electron chi connectivity index (χ2n) is 15.4. The molecule has 0 radical (unpaired) electrons. The van der Waals surface area contributed by atoms with Crippen molar-refractivity contribution in [1.29, 1.82) is 0 Å². The molecule has 12 rings (SSSR count). The summed E-state index contributed by atoms with van der Waals surface area (Å²) in [5.74, 6) is 0. The largest absolute Gasteiger partial charge is 0.254 e. The molecule has 0 amide bonds. The highest BCUT2D eigenvalue weighted by Gasteiger charge is 2.45. The fourth-order valence-corrected chi connectivity index (χ4v) is 9.53. The van der Waals surface area contributed by atoms with Gasteiger partial charge in [0.15, 0.2) is 0 Å². The van der Waals surface area contributed by atoms with Crippen LogP contribution in [0.25, 0.3) is 88.4 Å². The zero-order chi connectivity index (χ0) is 38.9. The van der Waals surface area contributed by atoms with Crippen LogP contribution in [0.4, 0.5) is 0 Å². The van der Waals surface area contributed by atoms with E-state index in [-0.39, 0.29) is 0 Å². The van der Waals surface area contributed by atoms with Crippen LogP contribution in [-0.4, -0.2) is 19.9 Å². The van der Waals surface area contributed by atoms with Crippen LogP contribution in [0, 0.1) is 0 Å². The summed E-state index contributed by atoms with van der Waals surface area (Å²) >= 11 is 0. The molecule has 4 aromatic heterocycles. The summed E-state index contributed by atoms with van der Waals surface area (Å²) in [7, 11) is 0. The Kier molecular flexibility index (Phi) is 7.41. The molecular weight excluding hydrogens is 717 g/mol. The number of aromatic nitrogens is 4. The molecule has 0 N–H and O–H groups in total.